The second-order valence-electron chi connectivity index (χ2n) is 6.46. The number of ether oxygens (including phenoxy) is 1. The number of amides is 3. The molecule has 0 unspecified atom stereocenters. The van der Waals surface area contributed by atoms with Crippen molar-refractivity contribution in [3.63, 3.8) is 0 Å². The number of benzene rings is 2. The van der Waals surface area contributed by atoms with Gasteiger partial charge < -0.3 is 9.64 Å². The molecule has 150 valence electrons. The fraction of sp³-hybridized carbons (Fsp3) is 0.238. The molecule has 1 atom stereocenters. The van der Waals surface area contributed by atoms with Crippen molar-refractivity contribution >= 4 is 41.1 Å². The normalized spacial score (nSPS) is 15.8. The van der Waals surface area contributed by atoms with Crippen LogP contribution < -0.4 is 10.2 Å². The molecule has 0 bridgehead atoms. The number of imide groups is 1. The highest BCUT2D eigenvalue weighted by Gasteiger charge is 2.36. The number of carbonyl (C=O) groups excluding carboxylic acids is 4. The third-order valence-electron chi connectivity index (χ3n) is 4.46. The number of anilines is 1. The van der Waals surface area contributed by atoms with Gasteiger partial charge in [0, 0.05) is 29.1 Å². The number of esters is 1. The Morgan fingerprint density at radius 2 is 1.90 bits per heavy atom. The van der Waals surface area contributed by atoms with Crippen molar-refractivity contribution in [3.05, 3.63) is 60.2 Å². The van der Waals surface area contributed by atoms with Crippen LogP contribution in [0, 0.1) is 5.92 Å². The van der Waals surface area contributed by atoms with Crippen molar-refractivity contribution in [1.82, 2.24) is 5.32 Å². The van der Waals surface area contributed by atoms with E-state index < -0.39 is 30.3 Å². The summed E-state index contributed by atoms with van der Waals surface area (Å²) in [7, 11) is 0. The predicted octanol–water partition coefficient (Wildman–Crippen LogP) is 2.26. The SMILES string of the molecule is CSc1cccc(N2C[C@@H](C(=O)OCC(=O)NC(=O)c3ccccc3)CC2=O)c1. The average Bonchev–Trinajstić information content (AvgIpc) is 3.14. The van der Waals surface area contributed by atoms with E-state index in [-0.39, 0.29) is 18.9 Å². The smallest absolute Gasteiger partial charge is 0.311 e. The Morgan fingerprint density at radius 3 is 2.62 bits per heavy atom. The molecule has 1 fully saturated rings. The number of nitrogens with zero attached hydrogens (tertiary/aromatic N) is 1. The van der Waals surface area contributed by atoms with Gasteiger partial charge in [-0.2, -0.15) is 0 Å². The second kappa shape index (κ2) is 9.38. The first-order valence-corrected chi connectivity index (χ1v) is 10.2. The highest BCUT2D eigenvalue weighted by atomic mass is 32.2. The van der Waals surface area contributed by atoms with E-state index in [4.69, 9.17) is 4.74 Å². The molecule has 7 nitrogen and oxygen atoms in total. The molecule has 2 aromatic carbocycles. The first-order valence-electron chi connectivity index (χ1n) is 8.98. The van der Waals surface area contributed by atoms with Crippen molar-refractivity contribution in [2.45, 2.75) is 11.3 Å². The standard InChI is InChI=1S/C21H20N2O5S/c1-29-17-9-5-8-16(11-17)23-12-15(10-19(23)25)21(27)28-13-18(24)22-20(26)14-6-3-2-4-7-14/h2-9,11,15H,10,12-13H2,1H3,(H,22,24,26)/t15-/m0/s1. The van der Waals surface area contributed by atoms with Gasteiger partial charge in [-0.1, -0.05) is 24.3 Å². The summed E-state index contributed by atoms with van der Waals surface area (Å²) in [5.74, 6) is -2.75. The molecule has 29 heavy (non-hydrogen) atoms. The zero-order valence-electron chi connectivity index (χ0n) is 15.8. The summed E-state index contributed by atoms with van der Waals surface area (Å²) in [6.07, 6.45) is 1.96. The highest BCUT2D eigenvalue weighted by molar-refractivity contribution is 7.98. The summed E-state index contributed by atoms with van der Waals surface area (Å²) in [5, 5.41) is 2.16. The molecule has 3 rings (SSSR count). The summed E-state index contributed by atoms with van der Waals surface area (Å²) in [5.41, 5.74) is 1.06. The van der Waals surface area contributed by atoms with E-state index in [1.54, 1.807) is 47.0 Å². The zero-order chi connectivity index (χ0) is 20.8. The summed E-state index contributed by atoms with van der Waals surface area (Å²) < 4.78 is 5.02. The minimum absolute atomic E-state index is 0.0207. The lowest BCUT2D eigenvalue weighted by molar-refractivity contribution is -0.152. The Kier molecular flexibility index (Phi) is 6.66. The Balaban J connectivity index is 1.51. The molecule has 1 heterocycles. The molecule has 0 aromatic heterocycles. The second-order valence-corrected chi connectivity index (χ2v) is 7.34. The monoisotopic (exact) mass is 412 g/mol. The summed E-state index contributed by atoms with van der Waals surface area (Å²) in [4.78, 5) is 51.0. The van der Waals surface area contributed by atoms with Crippen LogP contribution in [-0.2, 0) is 19.1 Å². The van der Waals surface area contributed by atoms with Crippen molar-refractivity contribution in [1.29, 1.82) is 0 Å². The van der Waals surface area contributed by atoms with Gasteiger partial charge in [-0.15, -0.1) is 11.8 Å². The molecule has 3 amide bonds. The Hall–Kier alpha value is -3.13. The number of carbonyl (C=O) groups is 4. The van der Waals surface area contributed by atoms with Crippen molar-refractivity contribution in [2.24, 2.45) is 5.92 Å². The molecule has 1 N–H and O–H groups in total. The minimum Gasteiger partial charge on any atom is -0.455 e. The van der Waals surface area contributed by atoms with E-state index in [2.05, 4.69) is 5.32 Å². The molecule has 2 aromatic rings. The first kappa shape index (κ1) is 20.6. The lowest BCUT2D eigenvalue weighted by atomic mass is 10.1. The average molecular weight is 412 g/mol. The van der Waals surface area contributed by atoms with Crippen LogP contribution in [0.25, 0.3) is 0 Å². The number of nitrogens with one attached hydrogen (secondary N) is 1. The van der Waals surface area contributed by atoms with Crippen LogP contribution in [0.15, 0.2) is 59.5 Å². The maximum absolute atomic E-state index is 12.3. The maximum Gasteiger partial charge on any atom is 0.311 e. The number of rotatable bonds is 6. The zero-order valence-corrected chi connectivity index (χ0v) is 16.6. The van der Waals surface area contributed by atoms with Gasteiger partial charge >= 0.3 is 5.97 Å². The summed E-state index contributed by atoms with van der Waals surface area (Å²) in [6.45, 7) is -0.385. The van der Waals surface area contributed by atoms with Crippen LogP contribution in [0.1, 0.15) is 16.8 Å². The minimum atomic E-state index is -0.721. The Bertz CT molecular complexity index is 932. The summed E-state index contributed by atoms with van der Waals surface area (Å²) >= 11 is 1.56. The number of hydrogen-bond acceptors (Lipinski definition) is 6. The molecule has 0 radical (unpaired) electrons. The van der Waals surface area contributed by atoms with Crippen LogP contribution in [0.3, 0.4) is 0 Å². The number of hydrogen-bond donors (Lipinski definition) is 1. The van der Waals surface area contributed by atoms with Crippen molar-refractivity contribution in [3.8, 4) is 0 Å². The van der Waals surface area contributed by atoms with Crippen LogP contribution in [0.5, 0.6) is 0 Å². The molecule has 0 aliphatic carbocycles. The van der Waals surface area contributed by atoms with Gasteiger partial charge in [-0.25, -0.2) is 0 Å². The van der Waals surface area contributed by atoms with E-state index in [1.807, 2.05) is 30.5 Å². The van der Waals surface area contributed by atoms with Gasteiger partial charge in [-0.05, 0) is 36.6 Å². The third-order valence-corrected chi connectivity index (χ3v) is 5.18. The van der Waals surface area contributed by atoms with Gasteiger partial charge in [0.2, 0.25) is 5.91 Å². The van der Waals surface area contributed by atoms with Gasteiger partial charge in [0.1, 0.15) is 0 Å². The van der Waals surface area contributed by atoms with E-state index >= 15 is 0 Å². The first-order chi connectivity index (χ1) is 14.0. The van der Waals surface area contributed by atoms with E-state index in [1.165, 1.54) is 0 Å². The van der Waals surface area contributed by atoms with Crippen LogP contribution in [0.2, 0.25) is 0 Å². The largest absolute Gasteiger partial charge is 0.455 e. The highest BCUT2D eigenvalue weighted by Crippen LogP contribution is 2.28. The predicted molar refractivity (Wildman–Crippen MR) is 109 cm³/mol. The fourth-order valence-corrected chi connectivity index (χ4v) is 3.43. The Labute approximate surface area is 172 Å². The molecular weight excluding hydrogens is 392 g/mol. The lowest BCUT2D eigenvalue weighted by Crippen LogP contribution is -2.35. The molecule has 0 saturated carbocycles. The lowest BCUT2D eigenvalue weighted by Gasteiger charge is -2.17. The van der Waals surface area contributed by atoms with E-state index in [9.17, 15) is 19.2 Å². The molecule has 1 aliphatic heterocycles. The van der Waals surface area contributed by atoms with E-state index in [0.717, 1.165) is 10.6 Å². The number of thioether (sulfide) groups is 1. The van der Waals surface area contributed by atoms with Gasteiger partial charge in [0.15, 0.2) is 6.61 Å². The van der Waals surface area contributed by atoms with Crippen LogP contribution >= 0.6 is 11.8 Å². The molecule has 0 spiro atoms. The van der Waals surface area contributed by atoms with Crippen LogP contribution in [0.4, 0.5) is 5.69 Å². The van der Waals surface area contributed by atoms with Crippen molar-refractivity contribution in [2.75, 3.05) is 24.3 Å². The van der Waals surface area contributed by atoms with Gasteiger partial charge in [-0.3, -0.25) is 24.5 Å². The topological polar surface area (TPSA) is 92.8 Å². The van der Waals surface area contributed by atoms with E-state index in [0.29, 0.717) is 5.56 Å². The van der Waals surface area contributed by atoms with Gasteiger partial charge in [0.25, 0.3) is 11.8 Å². The fourth-order valence-electron chi connectivity index (χ4n) is 2.97. The third kappa shape index (κ3) is 5.23. The maximum atomic E-state index is 12.3. The molecular formula is C21H20N2O5S. The molecule has 1 aliphatic rings. The molecule has 1 saturated heterocycles. The van der Waals surface area contributed by atoms with Gasteiger partial charge in [0.05, 0.1) is 5.92 Å². The quantitative estimate of drug-likeness (QED) is 0.578. The Morgan fingerprint density at radius 1 is 1.14 bits per heavy atom. The molecule has 8 heteroatoms. The van der Waals surface area contributed by atoms with Crippen molar-refractivity contribution < 1.29 is 23.9 Å². The van der Waals surface area contributed by atoms with Crippen LogP contribution in [-0.4, -0.2) is 43.1 Å². The summed E-state index contributed by atoms with van der Waals surface area (Å²) in [6, 6.07) is 15.7.